The number of hydrogen-bond donors (Lipinski definition) is 0. The van der Waals surface area contributed by atoms with Gasteiger partial charge in [-0.25, -0.2) is 4.39 Å². The number of aliphatic imine (C=N–C) groups is 1. The predicted octanol–water partition coefficient (Wildman–Crippen LogP) is 5.88. The van der Waals surface area contributed by atoms with E-state index in [1.54, 1.807) is 18.5 Å². The van der Waals surface area contributed by atoms with Gasteiger partial charge in [-0.1, -0.05) is 18.2 Å². The Morgan fingerprint density at radius 1 is 1.15 bits per heavy atom. The number of fused-ring (bicyclic) bond motifs is 1. The third-order valence-electron chi connectivity index (χ3n) is 5.34. The maximum Gasteiger partial charge on any atom is 0.131 e. The van der Waals surface area contributed by atoms with Gasteiger partial charge in [0.15, 0.2) is 0 Å². The molecule has 0 N–H and O–H groups in total. The SMILES string of the molecule is Fc1ccc(C2C3=CCCCC3=NC3=C2SCC3)cc1-c1cccnc1. The van der Waals surface area contributed by atoms with Crippen LogP contribution in [0, 0.1) is 5.82 Å². The molecule has 4 heteroatoms. The first kappa shape index (κ1) is 16.0. The van der Waals surface area contributed by atoms with E-state index in [9.17, 15) is 4.39 Å². The fourth-order valence-electron chi connectivity index (χ4n) is 4.12. The fraction of sp³-hybridized carbons (Fsp3) is 0.273. The van der Waals surface area contributed by atoms with Gasteiger partial charge in [0.05, 0.1) is 5.70 Å². The van der Waals surface area contributed by atoms with E-state index in [1.807, 2.05) is 36.0 Å². The average molecular weight is 362 g/mol. The van der Waals surface area contributed by atoms with Crippen molar-refractivity contribution < 1.29 is 4.39 Å². The topological polar surface area (TPSA) is 25.2 Å². The van der Waals surface area contributed by atoms with Crippen LogP contribution >= 0.6 is 11.8 Å². The number of thioether (sulfide) groups is 1. The highest BCUT2D eigenvalue weighted by Crippen LogP contribution is 2.50. The number of allylic oxidation sites excluding steroid dienone is 4. The summed E-state index contributed by atoms with van der Waals surface area (Å²) in [6, 6.07) is 9.33. The van der Waals surface area contributed by atoms with E-state index >= 15 is 0 Å². The number of rotatable bonds is 2. The lowest BCUT2D eigenvalue weighted by molar-refractivity contribution is 0.630. The largest absolute Gasteiger partial charge is 0.264 e. The van der Waals surface area contributed by atoms with E-state index in [4.69, 9.17) is 4.99 Å². The van der Waals surface area contributed by atoms with Gasteiger partial charge >= 0.3 is 0 Å². The number of nitrogens with zero attached hydrogens (tertiary/aromatic N) is 2. The van der Waals surface area contributed by atoms with Crippen LogP contribution in [0.25, 0.3) is 11.1 Å². The lowest BCUT2D eigenvalue weighted by atomic mass is 9.80. The first-order valence-corrected chi connectivity index (χ1v) is 10.1. The molecule has 26 heavy (non-hydrogen) atoms. The summed E-state index contributed by atoms with van der Waals surface area (Å²) in [4.78, 5) is 10.5. The minimum absolute atomic E-state index is 0.197. The highest BCUT2D eigenvalue weighted by atomic mass is 32.2. The Labute approximate surface area is 157 Å². The molecule has 5 rings (SSSR count). The van der Waals surface area contributed by atoms with Crippen molar-refractivity contribution >= 4 is 17.5 Å². The van der Waals surface area contributed by atoms with Crippen LogP contribution in [0.5, 0.6) is 0 Å². The summed E-state index contributed by atoms with van der Waals surface area (Å²) in [6.07, 6.45) is 10.2. The molecule has 130 valence electrons. The number of aromatic nitrogens is 1. The molecule has 1 aromatic heterocycles. The standard InChI is InChI=1S/C22H19FN2S/c23-18-8-7-14(12-17(18)15-4-3-10-24-13-15)21-16-5-1-2-6-19(16)25-20-9-11-26-22(20)21/h3-5,7-8,10,12-13,21H,1-2,6,9,11H2. The second kappa shape index (κ2) is 6.51. The minimum Gasteiger partial charge on any atom is -0.264 e. The zero-order valence-electron chi connectivity index (χ0n) is 14.4. The van der Waals surface area contributed by atoms with E-state index in [2.05, 4.69) is 11.1 Å². The number of hydrogen-bond acceptors (Lipinski definition) is 3. The fourth-order valence-corrected chi connectivity index (χ4v) is 5.38. The van der Waals surface area contributed by atoms with E-state index in [0.717, 1.165) is 36.1 Å². The van der Waals surface area contributed by atoms with Crippen molar-refractivity contribution in [2.45, 2.75) is 31.6 Å². The zero-order chi connectivity index (χ0) is 17.5. The van der Waals surface area contributed by atoms with E-state index < -0.39 is 0 Å². The van der Waals surface area contributed by atoms with Crippen LogP contribution in [-0.4, -0.2) is 16.4 Å². The second-order valence-corrected chi connectivity index (χ2v) is 8.07. The summed E-state index contributed by atoms with van der Waals surface area (Å²) in [6.45, 7) is 0. The Morgan fingerprint density at radius 3 is 3.00 bits per heavy atom. The molecule has 1 aliphatic carbocycles. The highest BCUT2D eigenvalue weighted by molar-refractivity contribution is 8.03. The van der Waals surface area contributed by atoms with E-state index in [-0.39, 0.29) is 11.7 Å². The molecule has 1 aromatic carbocycles. The molecule has 2 aliphatic heterocycles. The van der Waals surface area contributed by atoms with Crippen LogP contribution in [0.4, 0.5) is 4.39 Å². The molecule has 2 nitrogen and oxygen atoms in total. The molecular weight excluding hydrogens is 343 g/mol. The number of benzene rings is 1. The van der Waals surface area contributed by atoms with Gasteiger partial charge in [0.1, 0.15) is 5.82 Å². The second-order valence-electron chi connectivity index (χ2n) is 6.93. The Kier molecular flexibility index (Phi) is 4.01. The Balaban J connectivity index is 1.65. The van der Waals surface area contributed by atoms with Crippen molar-refractivity contribution in [1.29, 1.82) is 0 Å². The van der Waals surface area contributed by atoms with Crippen LogP contribution in [0.3, 0.4) is 0 Å². The number of halogens is 1. The van der Waals surface area contributed by atoms with Gasteiger partial charge < -0.3 is 0 Å². The average Bonchev–Trinajstić information content (AvgIpc) is 3.15. The van der Waals surface area contributed by atoms with Gasteiger partial charge in [0.25, 0.3) is 0 Å². The summed E-state index contributed by atoms with van der Waals surface area (Å²) >= 11 is 1.92. The maximum absolute atomic E-state index is 14.5. The molecule has 0 saturated heterocycles. The summed E-state index contributed by atoms with van der Waals surface area (Å²) in [5.74, 6) is 1.11. The first-order chi connectivity index (χ1) is 12.8. The quantitative estimate of drug-likeness (QED) is 0.666. The lowest BCUT2D eigenvalue weighted by Gasteiger charge is -2.30. The third kappa shape index (κ3) is 2.64. The van der Waals surface area contributed by atoms with E-state index in [0.29, 0.717) is 5.56 Å². The van der Waals surface area contributed by atoms with Gasteiger partial charge in [-0.3, -0.25) is 9.98 Å². The summed E-state index contributed by atoms with van der Waals surface area (Å²) in [5.41, 5.74) is 6.44. The molecule has 3 aliphatic rings. The van der Waals surface area contributed by atoms with Gasteiger partial charge in [-0.2, -0.15) is 0 Å². The van der Waals surface area contributed by atoms with Crippen molar-refractivity contribution in [3.63, 3.8) is 0 Å². The Bertz CT molecular complexity index is 959. The molecule has 0 spiro atoms. The van der Waals surface area contributed by atoms with Gasteiger partial charge in [-0.05, 0) is 55.0 Å². The van der Waals surface area contributed by atoms with Crippen molar-refractivity contribution in [3.05, 3.63) is 76.4 Å². The van der Waals surface area contributed by atoms with E-state index in [1.165, 1.54) is 28.3 Å². The molecular formula is C22H19FN2S. The Hall–Kier alpha value is -2.20. The molecule has 1 atom stereocenters. The van der Waals surface area contributed by atoms with Crippen LogP contribution < -0.4 is 0 Å². The molecule has 3 heterocycles. The maximum atomic E-state index is 14.5. The van der Waals surface area contributed by atoms with Crippen LogP contribution in [0.1, 0.15) is 37.2 Å². The van der Waals surface area contributed by atoms with Crippen molar-refractivity contribution in [3.8, 4) is 11.1 Å². The molecule has 2 aromatic rings. The highest BCUT2D eigenvalue weighted by Gasteiger charge is 2.34. The molecule has 1 unspecified atom stereocenters. The van der Waals surface area contributed by atoms with Gasteiger partial charge in [0, 0.05) is 45.8 Å². The van der Waals surface area contributed by atoms with Gasteiger partial charge in [0.2, 0.25) is 0 Å². The number of pyridine rings is 1. The minimum atomic E-state index is -0.197. The van der Waals surface area contributed by atoms with Crippen molar-refractivity contribution in [2.75, 3.05) is 5.75 Å². The smallest absolute Gasteiger partial charge is 0.131 e. The first-order valence-electron chi connectivity index (χ1n) is 9.15. The molecule has 0 amide bonds. The Morgan fingerprint density at radius 2 is 2.12 bits per heavy atom. The van der Waals surface area contributed by atoms with Crippen LogP contribution in [0.15, 0.2) is 70.0 Å². The van der Waals surface area contributed by atoms with Crippen molar-refractivity contribution in [1.82, 2.24) is 4.98 Å². The van der Waals surface area contributed by atoms with Crippen LogP contribution in [0.2, 0.25) is 0 Å². The molecule has 0 fully saturated rings. The molecule has 0 radical (unpaired) electrons. The predicted molar refractivity (Wildman–Crippen MR) is 106 cm³/mol. The van der Waals surface area contributed by atoms with Gasteiger partial charge in [-0.15, -0.1) is 11.8 Å². The molecule has 0 saturated carbocycles. The summed E-state index contributed by atoms with van der Waals surface area (Å²) in [5, 5.41) is 0. The van der Waals surface area contributed by atoms with Crippen LogP contribution in [-0.2, 0) is 0 Å². The normalized spacial score (nSPS) is 21.8. The zero-order valence-corrected chi connectivity index (χ0v) is 15.2. The molecule has 0 bridgehead atoms. The van der Waals surface area contributed by atoms with Crippen molar-refractivity contribution in [2.24, 2.45) is 4.99 Å². The summed E-state index contributed by atoms with van der Waals surface area (Å²) < 4.78 is 14.5. The monoisotopic (exact) mass is 362 g/mol. The summed E-state index contributed by atoms with van der Waals surface area (Å²) in [7, 11) is 0. The lowest BCUT2D eigenvalue weighted by Crippen LogP contribution is -2.20. The third-order valence-corrected chi connectivity index (χ3v) is 6.53.